The summed E-state index contributed by atoms with van der Waals surface area (Å²) in [5.41, 5.74) is 2.07. The zero-order valence-electron chi connectivity index (χ0n) is 54.5. The van der Waals surface area contributed by atoms with Gasteiger partial charge in [-0.15, -0.1) is 0 Å². The molecule has 2 heterocycles. The Morgan fingerprint density at radius 3 is 1.70 bits per heavy atom. The number of amides is 3. The number of aryl methyl sites for hydroxylation is 1. The van der Waals surface area contributed by atoms with Gasteiger partial charge in [-0.05, 0) is 142 Å². The number of esters is 4. The number of phenols is 1. The summed E-state index contributed by atoms with van der Waals surface area (Å²) in [6.07, 6.45) is 4.77. The highest BCUT2D eigenvalue weighted by molar-refractivity contribution is 6.00. The van der Waals surface area contributed by atoms with Gasteiger partial charge in [0.1, 0.15) is 55.4 Å². The molecule has 2 saturated carbocycles. The van der Waals surface area contributed by atoms with Gasteiger partial charge in [-0.1, -0.05) is 82.2 Å². The monoisotopic (exact) mass is 1240 g/mol. The number of carbonyl (C=O) groups is 8. The van der Waals surface area contributed by atoms with E-state index in [1.165, 1.54) is 18.1 Å². The van der Waals surface area contributed by atoms with E-state index in [1.807, 2.05) is 65.5 Å². The van der Waals surface area contributed by atoms with E-state index in [4.69, 9.17) is 47.4 Å². The Balaban J connectivity index is 1.04. The molecule has 1 aromatic rings. The molecule has 0 radical (unpaired) electrons. The Labute approximate surface area is 520 Å². The summed E-state index contributed by atoms with van der Waals surface area (Å²) >= 11 is 0. The Morgan fingerprint density at radius 1 is 0.682 bits per heavy atom. The molecule has 88 heavy (non-hydrogen) atoms. The maximum Gasteiger partial charge on any atom is 0.331 e. The van der Waals surface area contributed by atoms with Gasteiger partial charge in [0.25, 0.3) is 11.9 Å². The molecule has 1 spiro atoms. The Bertz CT molecular complexity index is 2540. The van der Waals surface area contributed by atoms with Crippen LogP contribution >= 0.6 is 0 Å². The van der Waals surface area contributed by atoms with Crippen LogP contribution in [0, 0.1) is 46.3 Å². The van der Waals surface area contributed by atoms with E-state index in [0.717, 1.165) is 38.5 Å². The van der Waals surface area contributed by atoms with Crippen LogP contribution in [0.25, 0.3) is 0 Å². The number of nitrogens with zero attached hydrogens (tertiary/aromatic N) is 1. The molecule has 4 fully saturated rings. The van der Waals surface area contributed by atoms with Gasteiger partial charge in [0, 0.05) is 19.4 Å². The maximum atomic E-state index is 14.0. The molecule has 9 atom stereocenters. The van der Waals surface area contributed by atoms with Crippen LogP contribution in [-0.4, -0.2) is 166 Å². The van der Waals surface area contributed by atoms with E-state index < -0.39 is 109 Å². The largest absolute Gasteiger partial charge is 0.508 e. The Kier molecular flexibility index (Phi) is 26.2. The smallest absolute Gasteiger partial charge is 0.331 e. The van der Waals surface area contributed by atoms with Gasteiger partial charge in [-0.25, -0.2) is 14.4 Å². The molecule has 9 unspecified atom stereocenters. The zero-order valence-corrected chi connectivity index (χ0v) is 54.5. The van der Waals surface area contributed by atoms with Gasteiger partial charge in [-0.3, -0.25) is 28.9 Å². The highest BCUT2D eigenvalue weighted by Gasteiger charge is 2.57. The predicted octanol–water partition coefficient (Wildman–Crippen LogP) is 6.91. The van der Waals surface area contributed by atoms with Crippen molar-refractivity contribution in [3.63, 3.8) is 0 Å². The van der Waals surface area contributed by atoms with Gasteiger partial charge in [0.05, 0.1) is 50.9 Å². The fourth-order valence-electron chi connectivity index (χ4n) is 13.3. The number of rotatable bonds is 32. The van der Waals surface area contributed by atoms with Crippen molar-refractivity contribution in [1.29, 1.82) is 0 Å². The van der Waals surface area contributed by atoms with E-state index in [1.54, 1.807) is 27.8 Å². The van der Waals surface area contributed by atoms with Crippen molar-refractivity contribution < 1.29 is 90.8 Å². The second-order valence-corrected chi connectivity index (χ2v) is 27.4. The van der Waals surface area contributed by atoms with Gasteiger partial charge in [-0.2, -0.15) is 0 Å². The van der Waals surface area contributed by atoms with Crippen LogP contribution < -0.4 is 16.0 Å². The second-order valence-electron chi connectivity index (χ2n) is 27.4. The van der Waals surface area contributed by atoms with Crippen LogP contribution in [0.2, 0.25) is 0 Å². The van der Waals surface area contributed by atoms with Gasteiger partial charge in [0.15, 0.2) is 0 Å². The Morgan fingerprint density at radius 2 is 1.19 bits per heavy atom. The molecule has 6 rings (SSSR count). The lowest BCUT2D eigenvalue weighted by molar-refractivity contribution is -0.474. The normalized spacial score (nSPS) is 27.2. The average molecular weight is 1240 g/mol. The minimum atomic E-state index is -1.66. The summed E-state index contributed by atoms with van der Waals surface area (Å²) in [6.45, 7) is 22.1. The number of fused-ring (bicyclic) bond motifs is 5. The molecular formula is C65H102N4O19. The van der Waals surface area contributed by atoms with Crippen molar-refractivity contribution in [1.82, 2.24) is 20.9 Å². The minimum Gasteiger partial charge on any atom is -0.508 e. The van der Waals surface area contributed by atoms with Crippen LogP contribution in [0.1, 0.15) is 177 Å². The van der Waals surface area contributed by atoms with Crippen molar-refractivity contribution in [3.8, 4) is 5.75 Å². The number of carbonyl (C=O) groups excluding carboxylic acids is 8. The summed E-state index contributed by atoms with van der Waals surface area (Å²) in [6, 6.07) is 2.29. The van der Waals surface area contributed by atoms with E-state index >= 15 is 0 Å². The van der Waals surface area contributed by atoms with Crippen LogP contribution in [0.15, 0.2) is 18.2 Å². The number of nitrogens with one attached hydrogen (secondary N) is 3. The third kappa shape index (κ3) is 20.6. The molecule has 23 nitrogen and oxygen atoms in total. The van der Waals surface area contributed by atoms with Gasteiger partial charge < -0.3 is 68.4 Å². The van der Waals surface area contributed by atoms with Crippen LogP contribution in [0.5, 0.6) is 5.75 Å². The summed E-state index contributed by atoms with van der Waals surface area (Å²) in [7, 11) is 1.81. The number of Topliss-reactive ketones (excluding diaryl/α,β-unsaturated/α-hetero) is 1. The van der Waals surface area contributed by atoms with Crippen LogP contribution in [0.4, 0.5) is 0 Å². The van der Waals surface area contributed by atoms with E-state index in [0.29, 0.717) is 42.4 Å². The summed E-state index contributed by atoms with van der Waals surface area (Å²) in [5, 5.41) is 17.8. The highest BCUT2D eigenvalue weighted by Crippen LogP contribution is 2.62. The third-order valence-corrected chi connectivity index (χ3v) is 17.4. The first-order valence-corrected chi connectivity index (χ1v) is 31.9. The first kappa shape index (κ1) is 71.8. The van der Waals surface area contributed by atoms with Crippen molar-refractivity contribution >= 4 is 47.4 Å². The van der Waals surface area contributed by atoms with Crippen molar-refractivity contribution in [2.24, 2.45) is 46.3 Å². The number of benzene rings is 1. The van der Waals surface area contributed by atoms with Gasteiger partial charge in [0.2, 0.25) is 24.5 Å². The highest BCUT2D eigenvalue weighted by atomic mass is 16.9. The SMILES string of the molecule is CCC1(OC(COC(=O)CN(C)CC(C)C)COC(=O)C(CC(C)C)NC(=O)CC(=O)NC(CC(C)C)C(=O)OCOC(=O)C(CC(C)C)NC(=O)CC(C)=O)OCC2(CO1)COC(CC)(OC1CC3C4CCc5cc(O)ccc5C4CCC3(C)C1)OC2. The van der Waals surface area contributed by atoms with Crippen LogP contribution in [0.3, 0.4) is 0 Å². The molecule has 5 aliphatic rings. The molecule has 2 saturated heterocycles. The Hall–Kier alpha value is -5.30. The number of phenolic OH excluding ortho intramolecular Hbond substituents is 1. The molecule has 3 amide bonds. The number of ether oxygens (including phenoxy) is 10. The average Bonchev–Trinajstić information content (AvgIpc) is 1.48. The fraction of sp³-hybridized carbons (Fsp3) is 0.785. The minimum absolute atomic E-state index is 0.0118. The molecule has 1 aromatic carbocycles. The lowest BCUT2D eigenvalue weighted by Crippen LogP contribution is -2.61. The summed E-state index contributed by atoms with van der Waals surface area (Å²) in [4.78, 5) is 106. The second kappa shape index (κ2) is 32.1. The summed E-state index contributed by atoms with van der Waals surface area (Å²) in [5.74, 6) is -7.09. The zero-order chi connectivity index (χ0) is 64.7. The summed E-state index contributed by atoms with van der Waals surface area (Å²) < 4.78 is 61.4. The third-order valence-electron chi connectivity index (χ3n) is 17.4. The van der Waals surface area contributed by atoms with E-state index in [-0.39, 0.29) is 100 Å². The number of likely N-dealkylation sites (N-methyl/N-ethyl adjacent to an activating group) is 1. The van der Waals surface area contributed by atoms with Crippen molar-refractivity contribution in [2.45, 2.75) is 215 Å². The molecule has 0 bridgehead atoms. The number of hydrogen-bond donors (Lipinski definition) is 4. The molecular weight excluding hydrogens is 1140 g/mol. The number of ketones is 1. The first-order valence-electron chi connectivity index (χ1n) is 31.9. The predicted molar refractivity (Wildman–Crippen MR) is 320 cm³/mol. The van der Waals surface area contributed by atoms with Crippen molar-refractivity contribution in [2.75, 3.05) is 66.6 Å². The van der Waals surface area contributed by atoms with E-state index in [2.05, 4.69) is 28.9 Å². The quantitative estimate of drug-likeness (QED) is 0.0247. The van der Waals surface area contributed by atoms with Crippen LogP contribution in [-0.2, 0) is 92.1 Å². The molecule has 23 heteroatoms. The molecule has 496 valence electrons. The fourth-order valence-corrected chi connectivity index (χ4v) is 13.3. The van der Waals surface area contributed by atoms with E-state index in [9.17, 15) is 43.5 Å². The standard InChI is InChI=1S/C65H102N4O19/c1-14-64(87-46-27-51-50-18-16-44-26-45(71)17-19-48(44)49(50)20-21-62(51,12)29-46)83-34-63(35-84-64)36-85-65(15-2,86-37-63)88-47(32-79-58(75)31-69(13)30-42(9)10)33-80-59(76)52(22-39(3)4)67-56(73)28-57(74)68-54(24-41(7)8)61(78)82-38-81-60(77)53(23-40(5)6)66-55(72)25-43(11)70/h17,19,26,39-42,46-47,49-54,71H,14-16,18,20-25,27-38H2,1-13H3,(H,66,72)(H,67,73)(H,68,74). The van der Waals surface area contributed by atoms with Crippen molar-refractivity contribution in [3.05, 3.63) is 29.3 Å². The maximum absolute atomic E-state index is 14.0. The lowest BCUT2D eigenvalue weighted by atomic mass is 9.56. The molecule has 3 aliphatic carbocycles. The number of hydrogen-bond acceptors (Lipinski definition) is 20. The van der Waals surface area contributed by atoms with Gasteiger partial charge >= 0.3 is 23.9 Å². The topological polar surface area (TPSA) is 288 Å². The number of aromatic hydroxyl groups is 1. The molecule has 2 aliphatic heterocycles. The molecule has 4 N–H and O–H groups in total. The molecule has 0 aromatic heterocycles. The first-order chi connectivity index (χ1) is 41.5. The lowest BCUT2D eigenvalue weighted by Gasteiger charge is -2.50.